The Morgan fingerprint density at radius 1 is 1.47 bits per heavy atom. The second kappa shape index (κ2) is 5.02. The van der Waals surface area contributed by atoms with Crippen LogP contribution >= 0.6 is 11.3 Å². The lowest BCUT2D eigenvalue weighted by molar-refractivity contribution is 0.254. The molecule has 0 aliphatic rings. The Morgan fingerprint density at radius 3 is 2.76 bits per heavy atom. The summed E-state index contributed by atoms with van der Waals surface area (Å²) in [5.74, 6) is 0.924. The van der Waals surface area contributed by atoms with Crippen molar-refractivity contribution in [2.75, 3.05) is 7.05 Å². The number of nitrogens with zero attached hydrogens (tertiary/aromatic N) is 2. The van der Waals surface area contributed by atoms with Gasteiger partial charge >= 0.3 is 0 Å². The summed E-state index contributed by atoms with van der Waals surface area (Å²) in [5, 5.41) is 6.11. The third-order valence-electron chi connectivity index (χ3n) is 3.20. The highest BCUT2D eigenvalue weighted by Crippen LogP contribution is 2.26. The number of thiophene rings is 1. The number of hydrogen-bond acceptors (Lipinski definition) is 4. The van der Waals surface area contributed by atoms with Gasteiger partial charge in [0.05, 0.1) is 5.69 Å². The van der Waals surface area contributed by atoms with Gasteiger partial charge < -0.3 is 4.52 Å². The molecule has 0 unspecified atom stereocenters. The Hall–Kier alpha value is -1.13. The minimum Gasteiger partial charge on any atom is -0.361 e. The molecule has 0 aromatic carbocycles. The normalized spacial score (nSPS) is 13.2. The Kier molecular flexibility index (Phi) is 3.64. The standard InChI is InChI=1S/C13H18N2OS/c1-9-12(11(3)16-14-9)8-15(4)10(2)13-6-5-7-17-13/h5-7,10H,8H2,1-4H3/t10-/m1/s1. The molecule has 0 saturated heterocycles. The van der Waals surface area contributed by atoms with Gasteiger partial charge in [-0.15, -0.1) is 11.3 Å². The summed E-state index contributed by atoms with van der Waals surface area (Å²) in [6, 6.07) is 4.70. The number of aryl methyl sites for hydroxylation is 2. The molecular formula is C13H18N2OS. The summed E-state index contributed by atoms with van der Waals surface area (Å²) in [7, 11) is 2.14. The molecule has 0 aliphatic heterocycles. The van der Waals surface area contributed by atoms with Crippen LogP contribution in [-0.4, -0.2) is 17.1 Å². The van der Waals surface area contributed by atoms with Crippen LogP contribution in [0.4, 0.5) is 0 Å². The average Bonchev–Trinajstić information content (AvgIpc) is 2.93. The van der Waals surface area contributed by atoms with Crippen LogP contribution in [-0.2, 0) is 6.54 Å². The molecule has 0 spiro atoms. The predicted octanol–water partition coefficient (Wildman–Crippen LogP) is 3.55. The lowest BCUT2D eigenvalue weighted by Crippen LogP contribution is -2.21. The Balaban J connectivity index is 2.09. The van der Waals surface area contributed by atoms with Crippen molar-refractivity contribution in [2.24, 2.45) is 0 Å². The fraction of sp³-hybridized carbons (Fsp3) is 0.462. The molecule has 4 heteroatoms. The van der Waals surface area contributed by atoms with Crippen LogP contribution in [0.3, 0.4) is 0 Å². The fourth-order valence-corrected chi connectivity index (χ4v) is 2.71. The lowest BCUT2D eigenvalue weighted by atomic mass is 10.1. The van der Waals surface area contributed by atoms with Gasteiger partial charge in [-0.05, 0) is 39.3 Å². The molecule has 92 valence electrons. The molecule has 17 heavy (non-hydrogen) atoms. The maximum Gasteiger partial charge on any atom is 0.138 e. The number of hydrogen-bond donors (Lipinski definition) is 0. The molecule has 0 amide bonds. The van der Waals surface area contributed by atoms with Gasteiger partial charge in [-0.2, -0.15) is 0 Å². The van der Waals surface area contributed by atoms with Gasteiger partial charge in [0.1, 0.15) is 5.76 Å². The first kappa shape index (κ1) is 12.3. The van der Waals surface area contributed by atoms with Crippen LogP contribution < -0.4 is 0 Å². The molecule has 0 saturated carbocycles. The maximum atomic E-state index is 5.19. The molecule has 0 N–H and O–H groups in total. The summed E-state index contributed by atoms with van der Waals surface area (Å²) in [5.41, 5.74) is 2.20. The summed E-state index contributed by atoms with van der Waals surface area (Å²) in [4.78, 5) is 3.71. The van der Waals surface area contributed by atoms with E-state index in [1.165, 1.54) is 10.4 Å². The summed E-state index contributed by atoms with van der Waals surface area (Å²) in [6.45, 7) is 7.07. The van der Waals surface area contributed by atoms with Crippen molar-refractivity contribution in [1.29, 1.82) is 0 Å². The van der Waals surface area contributed by atoms with Gasteiger partial charge in [-0.25, -0.2) is 0 Å². The molecule has 0 bridgehead atoms. The summed E-state index contributed by atoms with van der Waals surface area (Å²) < 4.78 is 5.19. The van der Waals surface area contributed by atoms with E-state index in [1.807, 2.05) is 13.8 Å². The monoisotopic (exact) mass is 250 g/mol. The average molecular weight is 250 g/mol. The minimum absolute atomic E-state index is 0.420. The zero-order valence-electron chi connectivity index (χ0n) is 10.7. The highest BCUT2D eigenvalue weighted by Gasteiger charge is 2.17. The van der Waals surface area contributed by atoms with E-state index in [-0.39, 0.29) is 0 Å². The Morgan fingerprint density at radius 2 is 2.24 bits per heavy atom. The molecule has 0 radical (unpaired) electrons. The van der Waals surface area contributed by atoms with Crippen LogP contribution in [0.2, 0.25) is 0 Å². The van der Waals surface area contributed by atoms with E-state index >= 15 is 0 Å². The van der Waals surface area contributed by atoms with Crippen LogP contribution in [0.1, 0.15) is 34.9 Å². The molecule has 1 atom stereocenters. The van der Waals surface area contributed by atoms with Crippen LogP contribution in [0.5, 0.6) is 0 Å². The van der Waals surface area contributed by atoms with E-state index in [9.17, 15) is 0 Å². The fourth-order valence-electron chi connectivity index (χ4n) is 1.86. The van der Waals surface area contributed by atoms with Crippen molar-refractivity contribution in [1.82, 2.24) is 10.1 Å². The molecule has 2 aromatic heterocycles. The maximum absolute atomic E-state index is 5.19. The molecular weight excluding hydrogens is 232 g/mol. The minimum atomic E-state index is 0.420. The van der Waals surface area contributed by atoms with Gasteiger partial charge in [0.2, 0.25) is 0 Å². The Labute approximate surface area is 106 Å². The van der Waals surface area contributed by atoms with Crippen LogP contribution in [0, 0.1) is 13.8 Å². The number of rotatable bonds is 4. The van der Waals surface area contributed by atoms with Crippen molar-refractivity contribution in [3.05, 3.63) is 39.4 Å². The van der Waals surface area contributed by atoms with Gasteiger partial charge in [0, 0.05) is 23.0 Å². The second-order valence-corrected chi connectivity index (χ2v) is 5.39. The van der Waals surface area contributed by atoms with Gasteiger partial charge in [0.25, 0.3) is 0 Å². The van der Waals surface area contributed by atoms with E-state index in [1.54, 1.807) is 11.3 Å². The molecule has 0 aliphatic carbocycles. The smallest absolute Gasteiger partial charge is 0.138 e. The molecule has 2 aromatic rings. The summed E-state index contributed by atoms with van der Waals surface area (Å²) in [6.07, 6.45) is 0. The van der Waals surface area contributed by atoms with E-state index in [0.29, 0.717) is 6.04 Å². The van der Waals surface area contributed by atoms with Crippen LogP contribution in [0.15, 0.2) is 22.0 Å². The van der Waals surface area contributed by atoms with Crippen LogP contribution in [0.25, 0.3) is 0 Å². The van der Waals surface area contributed by atoms with Crippen molar-refractivity contribution in [2.45, 2.75) is 33.4 Å². The SMILES string of the molecule is Cc1noc(C)c1CN(C)[C@H](C)c1cccs1. The Bertz CT molecular complexity index is 456. The second-order valence-electron chi connectivity index (χ2n) is 4.41. The van der Waals surface area contributed by atoms with Crippen molar-refractivity contribution in [3.8, 4) is 0 Å². The highest BCUT2D eigenvalue weighted by molar-refractivity contribution is 7.10. The molecule has 3 nitrogen and oxygen atoms in total. The zero-order valence-corrected chi connectivity index (χ0v) is 11.5. The zero-order chi connectivity index (χ0) is 12.4. The van der Waals surface area contributed by atoms with E-state index in [2.05, 4.69) is 41.5 Å². The van der Waals surface area contributed by atoms with E-state index < -0.39 is 0 Å². The third kappa shape index (κ3) is 2.58. The first-order chi connectivity index (χ1) is 8.09. The highest BCUT2D eigenvalue weighted by atomic mass is 32.1. The van der Waals surface area contributed by atoms with Crippen molar-refractivity contribution < 1.29 is 4.52 Å². The van der Waals surface area contributed by atoms with Crippen molar-refractivity contribution in [3.63, 3.8) is 0 Å². The molecule has 2 heterocycles. The lowest BCUT2D eigenvalue weighted by Gasteiger charge is -2.23. The predicted molar refractivity (Wildman–Crippen MR) is 70.2 cm³/mol. The molecule has 0 fully saturated rings. The summed E-state index contributed by atoms with van der Waals surface area (Å²) >= 11 is 1.80. The third-order valence-corrected chi connectivity index (χ3v) is 4.25. The van der Waals surface area contributed by atoms with E-state index in [4.69, 9.17) is 4.52 Å². The first-order valence-electron chi connectivity index (χ1n) is 5.75. The first-order valence-corrected chi connectivity index (χ1v) is 6.63. The van der Waals surface area contributed by atoms with Gasteiger partial charge in [0.15, 0.2) is 0 Å². The largest absolute Gasteiger partial charge is 0.361 e. The van der Waals surface area contributed by atoms with E-state index in [0.717, 1.165) is 18.0 Å². The van der Waals surface area contributed by atoms with Crippen molar-refractivity contribution >= 4 is 11.3 Å². The van der Waals surface area contributed by atoms with Gasteiger partial charge in [-0.3, -0.25) is 4.90 Å². The quantitative estimate of drug-likeness (QED) is 0.831. The van der Waals surface area contributed by atoms with Gasteiger partial charge in [-0.1, -0.05) is 11.2 Å². The topological polar surface area (TPSA) is 29.3 Å². The molecule has 2 rings (SSSR count). The number of aromatic nitrogens is 1.